The zero-order chi connectivity index (χ0) is 14.7. The van der Waals surface area contributed by atoms with Gasteiger partial charge in [-0.3, -0.25) is 4.68 Å². The van der Waals surface area contributed by atoms with E-state index < -0.39 is 6.43 Å². The Kier molecular flexibility index (Phi) is 4.72. The maximum atomic E-state index is 12.8. The Morgan fingerprint density at radius 2 is 2.15 bits per heavy atom. The van der Waals surface area contributed by atoms with Crippen LogP contribution in [-0.4, -0.2) is 14.9 Å². The van der Waals surface area contributed by atoms with E-state index in [1.54, 1.807) is 25.4 Å². The first-order valence-corrected chi connectivity index (χ1v) is 6.74. The van der Waals surface area contributed by atoms with Crippen molar-refractivity contribution in [3.8, 4) is 0 Å². The van der Waals surface area contributed by atoms with Gasteiger partial charge in [-0.1, -0.05) is 15.9 Å². The number of alkyl halides is 2. The minimum Gasteiger partial charge on any atom is -0.392 e. The van der Waals surface area contributed by atoms with Gasteiger partial charge < -0.3 is 10.4 Å². The van der Waals surface area contributed by atoms with Gasteiger partial charge >= 0.3 is 0 Å². The number of nitrogens with one attached hydrogen (secondary N) is 1. The number of aryl methyl sites for hydroxylation is 1. The minimum atomic E-state index is -2.60. The van der Waals surface area contributed by atoms with Crippen molar-refractivity contribution in [2.24, 2.45) is 7.05 Å². The fraction of sp³-hybridized carbons (Fsp3) is 0.308. The Morgan fingerprint density at radius 3 is 2.80 bits per heavy atom. The van der Waals surface area contributed by atoms with E-state index in [1.807, 2.05) is 6.07 Å². The third kappa shape index (κ3) is 3.34. The van der Waals surface area contributed by atoms with Gasteiger partial charge in [0, 0.05) is 41.1 Å². The molecule has 1 aromatic heterocycles. The molecule has 0 saturated carbocycles. The number of hydrogen-bond donors (Lipinski definition) is 2. The van der Waals surface area contributed by atoms with Crippen molar-refractivity contribution in [3.63, 3.8) is 0 Å². The molecule has 0 aliphatic rings. The molecule has 0 atom stereocenters. The van der Waals surface area contributed by atoms with E-state index in [0.29, 0.717) is 16.8 Å². The van der Waals surface area contributed by atoms with Crippen LogP contribution in [0.5, 0.6) is 0 Å². The summed E-state index contributed by atoms with van der Waals surface area (Å²) >= 11 is 3.32. The van der Waals surface area contributed by atoms with Crippen molar-refractivity contribution in [1.29, 1.82) is 0 Å². The summed E-state index contributed by atoms with van der Waals surface area (Å²) in [5.41, 5.74) is 1.62. The quantitative estimate of drug-likeness (QED) is 0.874. The van der Waals surface area contributed by atoms with Gasteiger partial charge in [-0.25, -0.2) is 8.78 Å². The average molecular weight is 346 g/mol. The summed E-state index contributed by atoms with van der Waals surface area (Å²) in [6, 6.07) is 5.38. The van der Waals surface area contributed by atoms with Crippen molar-refractivity contribution in [3.05, 3.63) is 45.7 Å². The van der Waals surface area contributed by atoms with Gasteiger partial charge in [0.2, 0.25) is 0 Å². The molecule has 4 nitrogen and oxygen atoms in total. The van der Waals surface area contributed by atoms with Gasteiger partial charge in [0.25, 0.3) is 6.43 Å². The normalized spacial score (nSPS) is 11.1. The summed E-state index contributed by atoms with van der Waals surface area (Å²) in [5, 5.41) is 16.1. The van der Waals surface area contributed by atoms with E-state index >= 15 is 0 Å². The number of aromatic nitrogens is 2. The standard InChI is InChI=1S/C13H14BrF2N3O/c1-19-6-9(12(18-19)13(15)16)5-17-11-3-2-10(14)4-8(11)7-20/h2-4,6,13,17,20H,5,7H2,1H3. The van der Waals surface area contributed by atoms with E-state index in [9.17, 15) is 13.9 Å². The number of halogens is 3. The Balaban J connectivity index is 2.17. The monoisotopic (exact) mass is 345 g/mol. The maximum Gasteiger partial charge on any atom is 0.282 e. The lowest BCUT2D eigenvalue weighted by molar-refractivity contribution is 0.144. The largest absolute Gasteiger partial charge is 0.392 e. The summed E-state index contributed by atoms with van der Waals surface area (Å²) in [6.07, 6.45) is -1.04. The lowest BCUT2D eigenvalue weighted by Crippen LogP contribution is -2.04. The Morgan fingerprint density at radius 1 is 1.40 bits per heavy atom. The van der Waals surface area contributed by atoms with E-state index in [-0.39, 0.29) is 18.8 Å². The second kappa shape index (κ2) is 6.32. The van der Waals surface area contributed by atoms with Gasteiger partial charge in [0.15, 0.2) is 0 Å². The molecule has 0 saturated heterocycles. The van der Waals surface area contributed by atoms with Crippen molar-refractivity contribution >= 4 is 21.6 Å². The third-order valence-electron chi connectivity index (χ3n) is 2.85. The number of aliphatic hydroxyl groups is 1. The summed E-state index contributed by atoms with van der Waals surface area (Å²) in [4.78, 5) is 0. The molecule has 20 heavy (non-hydrogen) atoms. The number of anilines is 1. The molecular formula is C13H14BrF2N3O. The predicted octanol–water partition coefficient (Wildman–Crippen LogP) is 3.22. The van der Waals surface area contributed by atoms with Gasteiger partial charge in [-0.2, -0.15) is 5.10 Å². The number of hydrogen-bond acceptors (Lipinski definition) is 3. The highest BCUT2D eigenvalue weighted by atomic mass is 79.9. The van der Waals surface area contributed by atoms with Crippen LogP contribution in [0.4, 0.5) is 14.5 Å². The fourth-order valence-corrected chi connectivity index (χ4v) is 2.34. The molecule has 108 valence electrons. The van der Waals surface area contributed by atoms with Gasteiger partial charge in [-0.05, 0) is 18.2 Å². The number of aliphatic hydroxyl groups excluding tert-OH is 1. The highest BCUT2D eigenvalue weighted by molar-refractivity contribution is 9.10. The summed E-state index contributed by atoms with van der Waals surface area (Å²) in [7, 11) is 1.61. The molecule has 1 aromatic carbocycles. The molecule has 0 bridgehead atoms. The highest BCUT2D eigenvalue weighted by Gasteiger charge is 2.17. The number of nitrogens with zero attached hydrogens (tertiary/aromatic N) is 2. The molecule has 0 aliphatic carbocycles. The Bertz CT molecular complexity index is 601. The second-order valence-electron chi connectivity index (χ2n) is 4.33. The first-order valence-electron chi connectivity index (χ1n) is 5.95. The predicted molar refractivity (Wildman–Crippen MR) is 75.6 cm³/mol. The molecule has 2 N–H and O–H groups in total. The SMILES string of the molecule is Cn1cc(CNc2ccc(Br)cc2CO)c(C(F)F)n1. The molecule has 0 unspecified atom stereocenters. The third-order valence-corrected chi connectivity index (χ3v) is 3.34. The van der Waals surface area contributed by atoms with Crippen LogP contribution >= 0.6 is 15.9 Å². The molecule has 2 aromatic rings. The maximum absolute atomic E-state index is 12.8. The van der Waals surface area contributed by atoms with Crippen molar-refractivity contribution in [2.75, 3.05) is 5.32 Å². The van der Waals surface area contributed by atoms with E-state index in [0.717, 1.165) is 4.47 Å². The van der Waals surface area contributed by atoms with Gasteiger partial charge in [-0.15, -0.1) is 0 Å². The molecule has 1 heterocycles. The second-order valence-corrected chi connectivity index (χ2v) is 5.24. The van der Waals surface area contributed by atoms with E-state index in [2.05, 4.69) is 26.3 Å². The molecule has 0 radical (unpaired) electrons. The fourth-order valence-electron chi connectivity index (χ4n) is 1.93. The first kappa shape index (κ1) is 14.9. The molecule has 0 amide bonds. The Hall–Kier alpha value is -1.47. The topological polar surface area (TPSA) is 50.1 Å². The average Bonchev–Trinajstić information content (AvgIpc) is 2.78. The minimum absolute atomic E-state index is 0.128. The first-order chi connectivity index (χ1) is 9.51. The van der Waals surface area contributed by atoms with Crippen molar-refractivity contribution < 1.29 is 13.9 Å². The summed E-state index contributed by atoms with van der Waals surface area (Å²) in [6.45, 7) is 0.0959. The number of rotatable bonds is 5. The Labute approximate surface area is 123 Å². The summed E-state index contributed by atoms with van der Waals surface area (Å²) in [5.74, 6) is 0. The van der Waals surface area contributed by atoms with Crippen LogP contribution in [0.3, 0.4) is 0 Å². The van der Waals surface area contributed by atoms with Crippen LogP contribution < -0.4 is 5.32 Å². The van der Waals surface area contributed by atoms with Gasteiger partial charge in [0.1, 0.15) is 5.69 Å². The van der Waals surface area contributed by atoms with Crippen LogP contribution in [0.15, 0.2) is 28.9 Å². The lowest BCUT2D eigenvalue weighted by Gasteiger charge is -2.11. The molecular weight excluding hydrogens is 332 g/mol. The van der Waals surface area contributed by atoms with Crippen LogP contribution in [0.1, 0.15) is 23.2 Å². The lowest BCUT2D eigenvalue weighted by atomic mass is 10.1. The molecule has 2 rings (SSSR count). The summed E-state index contributed by atoms with van der Waals surface area (Å²) < 4.78 is 27.8. The van der Waals surface area contributed by atoms with Gasteiger partial charge in [0.05, 0.1) is 6.61 Å². The van der Waals surface area contributed by atoms with Crippen LogP contribution in [0.2, 0.25) is 0 Å². The molecule has 7 heteroatoms. The van der Waals surface area contributed by atoms with Crippen LogP contribution in [0, 0.1) is 0 Å². The van der Waals surface area contributed by atoms with Crippen LogP contribution in [-0.2, 0) is 20.2 Å². The smallest absolute Gasteiger partial charge is 0.282 e. The zero-order valence-corrected chi connectivity index (χ0v) is 12.4. The molecule has 0 fully saturated rings. The van der Waals surface area contributed by atoms with Crippen LogP contribution in [0.25, 0.3) is 0 Å². The molecule has 0 spiro atoms. The van der Waals surface area contributed by atoms with Crippen molar-refractivity contribution in [1.82, 2.24) is 9.78 Å². The van der Waals surface area contributed by atoms with E-state index in [1.165, 1.54) is 4.68 Å². The van der Waals surface area contributed by atoms with E-state index in [4.69, 9.17) is 0 Å². The highest BCUT2D eigenvalue weighted by Crippen LogP contribution is 2.24. The van der Waals surface area contributed by atoms with Crippen molar-refractivity contribution in [2.45, 2.75) is 19.6 Å². The molecule has 0 aliphatic heterocycles. The number of benzene rings is 1. The zero-order valence-electron chi connectivity index (χ0n) is 10.8.